The molecule has 3 nitrogen and oxygen atoms in total. The Morgan fingerprint density at radius 3 is 2.62 bits per heavy atom. The summed E-state index contributed by atoms with van der Waals surface area (Å²) in [5, 5.41) is 3.82. The van der Waals surface area contributed by atoms with E-state index >= 15 is 0 Å². The van der Waals surface area contributed by atoms with Crippen LogP contribution in [-0.4, -0.2) is 16.0 Å². The molecule has 4 heteroatoms. The lowest BCUT2D eigenvalue weighted by Gasteiger charge is -2.11. The van der Waals surface area contributed by atoms with E-state index in [1.165, 1.54) is 12.8 Å². The predicted octanol–water partition coefficient (Wildman–Crippen LogP) is 2.34. The van der Waals surface area contributed by atoms with E-state index in [-0.39, 0.29) is 0 Å². The number of hydrogen-bond donors (Lipinski definition) is 1. The first-order chi connectivity index (χ1) is 6.25. The topological polar surface area (TPSA) is 37.8 Å². The van der Waals surface area contributed by atoms with Crippen LogP contribution in [0.4, 0.5) is 5.95 Å². The van der Waals surface area contributed by atoms with Gasteiger partial charge in [-0.25, -0.2) is 9.97 Å². The molecule has 1 saturated carbocycles. The monoisotopic (exact) mass is 197 g/mol. The van der Waals surface area contributed by atoms with Gasteiger partial charge in [-0.3, -0.25) is 0 Å². The van der Waals surface area contributed by atoms with Crippen molar-refractivity contribution >= 4 is 17.5 Å². The van der Waals surface area contributed by atoms with Crippen LogP contribution in [-0.2, 0) is 0 Å². The minimum absolute atomic E-state index is 0.473. The Morgan fingerprint density at radius 2 is 2.08 bits per heavy atom. The summed E-state index contributed by atoms with van der Waals surface area (Å²) in [6.07, 6.45) is 5.86. The number of rotatable bonds is 3. The quantitative estimate of drug-likeness (QED) is 0.809. The second-order valence-corrected chi connectivity index (χ2v) is 3.93. The highest BCUT2D eigenvalue weighted by molar-refractivity contribution is 6.30. The summed E-state index contributed by atoms with van der Waals surface area (Å²) in [5.74, 6) is 1.48. The van der Waals surface area contributed by atoms with Gasteiger partial charge in [-0.1, -0.05) is 11.6 Å². The Balaban J connectivity index is 1.96. The molecule has 0 spiro atoms. The molecule has 1 aliphatic rings. The zero-order chi connectivity index (χ0) is 9.26. The highest BCUT2D eigenvalue weighted by Crippen LogP contribution is 2.33. The number of halogens is 1. The third-order valence-corrected chi connectivity index (χ3v) is 2.50. The summed E-state index contributed by atoms with van der Waals surface area (Å²) < 4.78 is 0. The standard InChI is InChI=1S/C9H12ClN3/c1-6(7-2-3-7)13-9-11-4-8(10)5-12-9/h4-7H,2-3H2,1H3,(H,11,12,13). The van der Waals surface area contributed by atoms with Crippen molar-refractivity contribution in [2.75, 3.05) is 5.32 Å². The van der Waals surface area contributed by atoms with Gasteiger partial charge < -0.3 is 5.32 Å². The Morgan fingerprint density at radius 1 is 1.46 bits per heavy atom. The lowest BCUT2D eigenvalue weighted by atomic mass is 10.2. The minimum atomic E-state index is 0.473. The zero-order valence-corrected chi connectivity index (χ0v) is 8.25. The van der Waals surface area contributed by atoms with Crippen LogP contribution in [0.15, 0.2) is 12.4 Å². The first kappa shape index (κ1) is 8.75. The van der Waals surface area contributed by atoms with Crippen molar-refractivity contribution in [1.82, 2.24) is 9.97 Å². The molecule has 1 fully saturated rings. The highest BCUT2D eigenvalue weighted by atomic mass is 35.5. The molecule has 2 rings (SSSR count). The van der Waals surface area contributed by atoms with Crippen molar-refractivity contribution in [2.24, 2.45) is 5.92 Å². The molecule has 1 atom stereocenters. The Kier molecular flexibility index (Phi) is 2.36. The number of nitrogens with one attached hydrogen (secondary N) is 1. The molecule has 1 unspecified atom stereocenters. The average molecular weight is 198 g/mol. The largest absolute Gasteiger partial charge is 0.351 e. The molecule has 13 heavy (non-hydrogen) atoms. The maximum atomic E-state index is 5.67. The van der Waals surface area contributed by atoms with Gasteiger partial charge in [0.15, 0.2) is 0 Å². The van der Waals surface area contributed by atoms with E-state index in [1.54, 1.807) is 12.4 Å². The van der Waals surface area contributed by atoms with E-state index in [0.29, 0.717) is 17.0 Å². The molecule has 70 valence electrons. The summed E-state index contributed by atoms with van der Waals surface area (Å²) >= 11 is 5.67. The summed E-state index contributed by atoms with van der Waals surface area (Å²) in [6, 6.07) is 0.473. The van der Waals surface area contributed by atoms with Gasteiger partial charge in [0.25, 0.3) is 0 Å². The highest BCUT2D eigenvalue weighted by Gasteiger charge is 2.28. The van der Waals surface area contributed by atoms with Crippen LogP contribution in [0.25, 0.3) is 0 Å². The Labute approximate surface area is 82.5 Å². The summed E-state index contributed by atoms with van der Waals surface area (Å²) in [4.78, 5) is 8.15. The molecule has 1 aromatic heterocycles. The van der Waals surface area contributed by atoms with E-state index in [9.17, 15) is 0 Å². The molecule has 1 aromatic rings. The van der Waals surface area contributed by atoms with Crippen molar-refractivity contribution < 1.29 is 0 Å². The van der Waals surface area contributed by atoms with Crippen LogP contribution in [0.5, 0.6) is 0 Å². The van der Waals surface area contributed by atoms with Crippen molar-refractivity contribution in [3.63, 3.8) is 0 Å². The van der Waals surface area contributed by atoms with Crippen molar-refractivity contribution in [2.45, 2.75) is 25.8 Å². The molecule has 0 amide bonds. The fourth-order valence-electron chi connectivity index (χ4n) is 1.30. The molecule has 0 aromatic carbocycles. The molecule has 1 heterocycles. The smallest absolute Gasteiger partial charge is 0.222 e. The number of hydrogen-bond acceptors (Lipinski definition) is 3. The van der Waals surface area contributed by atoms with Crippen LogP contribution in [0.1, 0.15) is 19.8 Å². The number of anilines is 1. The van der Waals surface area contributed by atoms with Crippen molar-refractivity contribution in [1.29, 1.82) is 0 Å². The van der Waals surface area contributed by atoms with Crippen LogP contribution >= 0.6 is 11.6 Å². The molecule has 0 saturated heterocycles. The third kappa shape index (κ3) is 2.31. The lowest BCUT2D eigenvalue weighted by Crippen LogP contribution is -2.18. The van der Waals surface area contributed by atoms with Crippen LogP contribution in [0, 0.1) is 5.92 Å². The molecular formula is C9H12ClN3. The van der Waals surface area contributed by atoms with Crippen molar-refractivity contribution in [3.8, 4) is 0 Å². The van der Waals surface area contributed by atoms with Gasteiger partial charge in [0, 0.05) is 6.04 Å². The average Bonchev–Trinajstić information content (AvgIpc) is 2.91. The van der Waals surface area contributed by atoms with Gasteiger partial charge in [-0.05, 0) is 25.7 Å². The molecule has 1 N–H and O–H groups in total. The Hall–Kier alpha value is -0.830. The summed E-state index contributed by atoms with van der Waals surface area (Å²) in [5.41, 5.74) is 0. The molecule has 0 aliphatic heterocycles. The van der Waals surface area contributed by atoms with Crippen molar-refractivity contribution in [3.05, 3.63) is 17.4 Å². The lowest BCUT2D eigenvalue weighted by molar-refractivity contribution is 0.686. The first-order valence-electron chi connectivity index (χ1n) is 4.50. The number of nitrogens with zero attached hydrogens (tertiary/aromatic N) is 2. The van der Waals surface area contributed by atoms with Gasteiger partial charge in [-0.15, -0.1) is 0 Å². The van der Waals surface area contributed by atoms with Gasteiger partial charge >= 0.3 is 0 Å². The third-order valence-electron chi connectivity index (χ3n) is 2.31. The maximum Gasteiger partial charge on any atom is 0.222 e. The van der Waals surface area contributed by atoms with Gasteiger partial charge in [0.05, 0.1) is 17.4 Å². The minimum Gasteiger partial charge on any atom is -0.351 e. The van der Waals surface area contributed by atoms with E-state index in [0.717, 1.165) is 5.92 Å². The van der Waals surface area contributed by atoms with Gasteiger partial charge in [0.2, 0.25) is 5.95 Å². The summed E-state index contributed by atoms with van der Waals surface area (Å²) in [7, 11) is 0. The van der Waals surface area contributed by atoms with Crippen LogP contribution in [0.2, 0.25) is 5.02 Å². The normalized spacial score (nSPS) is 18.3. The van der Waals surface area contributed by atoms with E-state index in [2.05, 4.69) is 22.2 Å². The summed E-state index contributed by atoms with van der Waals surface area (Å²) in [6.45, 7) is 2.16. The van der Waals surface area contributed by atoms with E-state index < -0.39 is 0 Å². The first-order valence-corrected chi connectivity index (χ1v) is 4.87. The predicted molar refractivity (Wildman–Crippen MR) is 52.9 cm³/mol. The van der Waals surface area contributed by atoms with Crippen LogP contribution in [0.3, 0.4) is 0 Å². The van der Waals surface area contributed by atoms with E-state index in [4.69, 9.17) is 11.6 Å². The van der Waals surface area contributed by atoms with Gasteiger partial charge in [-0.2, -0.15) is 0 Å². The Bertz CT molecular complexity index is 281. The number of aromatic nitrogens is 2. The molecule has 1 aliphatic carbocycles. The molecule has 0 radical (unpaired) electrons. The van der Waals surface area contributed by atoms with E-state index in [1.807, 2.05) is 0 Å². The van der Waals surface area contributed by atoms with Crippen LogP contribution < -0.4 is 5.32 Å². The molecule has 0 bridgehead atoms. The zero-order valence-electron chi connectivity index (χ0n) is 7.50. The maximum absolute atomic E-state index is 5.67. The fraction of sp³-hybridized carbons (Fsp3) is 0.556. The second kappa shape index (κ2) is 3.50. The SMILES string of the molecule is CC(Nc1ncc(Cl)cn1)C1CC1. The van der Waals surface area contributed by atoms with Gasteiger partial charge in [0.1, 0.15) is 0 Å². The fourth-order valence-corrected chi connectivity index (χ4v) is 1.40. The molecular weight excluding hydrogens is 186 g/mol. The second-order valence-electron chi connectivity index (χ2n) is 3.50.